The van der Waals surface area contributed by atoms with Gasteiger partial charge in [-0.05, 0) is 37.1 Å². The molecule has 1 saturated heterocycles. The summed E-state index contributed by atoms with van der Waals surface area (Å²) >= 11 is 0. The second kappa shape index (κ2) is 7.93. The second-order valence-electron chi connectivity index (χ2n) is 5.75. The number of carbonyl (C=O) groups excluding carboxylic acids is 1. The van der Waals surface area contributed by atoms with E-state index in [1.807, 2.05) is 6.07 Å². The maximum absolute atomic E-state index is 13.6. The van der Waals surface area contributed by atoms with Crippen molar-refractivity contribution in [3.63, 3.8) is 0 Å². The summed E-state index contributed by atoms with van der Waals surface area (Å²) in [7, 11) is 0. The van der Waals surface area contributed by atoms with Crippen molar-refractivity contribution >= 4 is 5.91 Å². The molecule has 126 valence electrons. The molecule has 0 aromatic heterocycles. The molecule has 2 aromatic carbocycles. The second-order valence-corrected chi connectivity index (χ2v) is 5.75. The smallest absolute Gasteiger partial charge is 0.251 e. The average Bonchev–Trinajstić information content (AvgIpc) is 3.13. The van der Waals surface area contributed by atoms with Gasteiger partial charge in [-0.2, -0.15) is 0 Å². The van der Waals surface area contributed by atoms with Crippen molar-refractivity contribution in [1.82, 2.24) is 5.32 Å². The fourth-order valence-corrected chi connectivity index (χ4v) is 2.61. The lowest BCUT2D eigenvalue weighted by atomic mass is 10.1. The summed E-state index contributed by atoms with van der Waals surface area (Å²) in [5.74, 6) is 0.0382. The Hall–Kier alpha value is -2.40. The van der Waals surface area contributed by atoms with Gasteiger partial charge in [-0.1, -0.05) is 24.3 Å². The van der Waals surface area contributed by atoms with E-state index < -0.39 is 0 Å². The highest BCUT2D eigenvalue weighted by molar-refractivity contribution is 5.94. The molecule has 0 aliphatic carbocycles. The highest BCUT2D eigenvalue weighted by atomic mass is 19.1. The first-order valence-electron chi connectivity index (χ1n) is 8.08. The predicted octanol–water partition coefficient (Wildman–Crippen LogP) is 3.31. The Bertz CT molecular complexity index is 699. The third-order valence-corrected chi connectivity index (χ3v) is 3.95. The first-order chi connectivity index (χ1) is 11.7. The molecule has 1 heterocycles. The van der Waals surface area contributed by atoms with Gasteiger partial charge in [-0.15, -0.1) is 0 Å². The number of carbonyl (C=O) groups is 1. The van der Waals surface area contributed by atoms with Gasteiger partial charge in [0.15, 0.2) is 0 Å². The van der Waals surface area contributed by atoms with Gasteiger partial charge in [0.05, 0.1) is 6.10 Å². The quantitative estimate of drug-likeness (QED) is 0.884. The van der Waals surface area contributed by atoms with Gasteiger partial charge in [0.25, 0.3) is 5.91 Å². The van der Waals surface area contributed by atoms with E-state index in [2.05, 4.69) is 5.32 Å². The van der Waals surface area contributed by atoms with Crippen LogP contribution in [0, 0.1) is 5.82 Å². The number of hydrogen-bond donors (Lipinski definition) is 1. The van der Waals surface area contributed by atoms with Crippen molar-refractivity contribution in [2.45, 2.75) is 25.5 Å². The van der Waals surface area contributed by atoms with Crippen molar-refractivity contribution in [1.29, 1.82) is 0 Å². The van der Waals surface area contributed by atoms with Crippen molar-refractivity contribution in [3.8, 4) is 5.75 Å². The van der Waals surface area contributed by atoms with Crippen LogP contribution in [0.4, 0.5) is 4.39 Å². The Labute approximate surface area is 140 Å². The van der Waals surface area contributed by atoms with Gasteiger partial charge in [0, 0.05) is 24.3 Å². The van der Waals surface area contributed by atoms with Crippen LogP contribution in [0.1, 0.15) is 28.8 Å². The SMILES string of the molecule is O=C(NCc1ccccc1F)c1cccc(OC[C@H]2CCCO2)c1. The molecule has 5 heteroatoms. The molecule has 1 amide bonds. The van der Waals surface area contributed by atoms with E-state index in [0.717, 1.165) is 19.4 Å². The molecule has 0 spiro atoms. The van der Waals surface area contributed by atoms with Crippen molar-refractivity contribution in [3.05, 3.63) is 65.5 Å². The number of rotatable bonds is 6. The lowest BCUT2D eigenvalue weighted by Gasteiger charge is -2.12. The molecule has 1 fully saturated rings. The lowest BCUT2D eigenvalue weighted by Crippen LogP contribution is -2.23. The fourth-order valence-electron chi connectivity index (χ4n) is 2.61. The average molecular weight is 329 g/mol. The minimum Gasteiger partial charge on any atom is -0.491 e. The highest BCUT2D eigenvalue weighted by Gasteiger charge is 2.16. The number of amides is 1. The van der Waals surface area contributed by atoms with E-state index in [4.69, 9.17) is 9.47 Å². The number of ether oxygens (including phenoxy) is 2. The van der Waals surface area contributed by atoms with Gasteiger partial charge < -0.3 is 14.8 Å². The normalized spacial score (nSPS) is 16.8. The molecule has 24 heavy (non-hydrogen) atoms. The molecule has 0 unspecified atom stereocenters. The Kier molecular flexibility index (Phi) is 5.43. The third kappa shape index (κ3) is 4.32. The van der Waals surface area contributed by atoms with Gasteiger partial charge in [0.1, 0.15) is 18.2 Å². The Morgan fingerprint density at radius 1 is 1.25 bits per heavy atom. The van der Waals surface area contributed by atoms with Crippen molar-refractivity contribution < 1.29 is 18.7 Å². The van der Waals surface area contributed by atoms with Gasteiger partial charge >= 0.3 is 0 Å². The number of halogens is 1. The fraction of sp³-hybridized carbons (Fsp3) is 0.316. The van der Waals surface area contributed by atoms with Crippen LogP contribution in [0.2, 0.25) is 0 Å². The topological polar surface area (TPSA) is 47.6 Å². The molecule has 2 aromatic rings. The van der Waals surface area contributed by atoms with Crippen LogP contribution in [0.5, 0.6) is 5.75 Å². The molecule has 0 bridgehead atoms. The van der Waals surface area contributed by atoms with E-state index in [9.17, 15) is 9.18 Å². The van der Waals surface area contributed by atoms with Crippen LogP contribution in [0.3, 0.4) is 0 Å². The molecule has 1 aliphatic rings. The molecule has 3 rings (SSSR count). The van der Waals surface area contributed by atoms with Gasteiger partial charge in [-0.3, -0.25) is 4.79 Å². The molecule has 0 saturated carbocycles. The summed E-state index contributed by atoms with van der Waals surface area (Å²) in [5.41, 5.74) is 0.938. The number of nitrogens with one attached hydrogen (secondary N) is 1. The maximum Gasteiger partial charge on any atom is 0.251 e. The zero-order valence-electron chi connectivity index (χ0n) is 13.3. The Morgan fingerprint density at radius 3 is 2.92 bits per heavy atom. The van der Waals surface area contributed by atoms with Gasteiger partial charge in [0.2, 0.25) is 0 Å². The largest absolute Gasteiger partial charge is 0.491 e. The van der Waals surface area contributed by atoms with Crippen LogP contribution in [0.15, 0.2) is 48.5 Å². The summed E-state index contributed by atoms with van der Waals surface area (Å²) in [5, 5.41) is 2.72. The maximum atomic E-state index is 13.6. The van der Waals surface area contributed by atoms with E-state index >= 15 is 0 Å². The van der Waals surface area contributed by atoms with E-state index in [1.54, 1.807) is 36.4 Å². The summed E-state index contributed by atoms with van der Waals surface area (Å²) < 4.78 is 24.8. The summed E-state index contributed by atoms with van der Waals surface area (Å²) in [4.78, 5) is 12.2. The van der Waals surface area contributed by atoms with E-state index in [1.165, 1.54) is 6.07 Å². The monoisotopic (exact) mass is 329 g/mol. The zero-order chi connectivity index (χ0) is 16.8. The molecular formula is C19H20FNO3. The lowest BCUT2D eigenvalue weighted by molar-refractivity contribution is 0.0679. The molecule has 0 radical (unpaired) electrons. The van der Waals surface area contributed by atoms with Crippen molar-refractivity contribution in [2.75, 3.05) is 13.2 Å². The van der Waals surface area contributed by atoms with Crippen LogP contribution in [-0.4, -0.2) is 25.2 Å². The minimum atomic E-state index is -0.327. The van der Waals surface area contributed by atoms with Crippen LogP contribution in [0.25, 0.3) is 0 Å². The molecule has 1 aliphatic heterocycles. The Balaban J connectivity index is 1.56. The number of hydrogen-bond acceptors (Lipinski definition) is 3. The minimum absolute atomic E-state index is 0.128. The summed E-state index contributed by atoms with van der Waals surface area (Å²) in [6.45, 7) is 1.42. The molecule has 1 N–H and O–H groups in total. The first kappa shape index (κ1) is 16.5. The highest BCUT2D eigenvalue weighted by Crippen LogP contribution is 2.17. The van der Waals surface area contributed by atoms with Crippen molar-refractivity contribution in [2.24, 2.45) is 0 Å². The standard InChI is InChI=1S/C19H20FNO3/c20-18-9-2-1-5-15(18)12-21-19(22)14-6-3-7-16(11-14)24-13-17-8-4-10-23-17/h1-3,5-7,9,11,17H,4,8,10,12-13H2,(H,21,22)/t17-/m1/s1. The van der Waals surface area contributed by atoms with Crippen LogP contribution in [-0.2, 0) is 11.3 Å². The number of benzene rings is 2. The molecule has 1 atom stereocenters. The molecule has 4 nitrogen and oxygen atoms in total. The predicted molar refractivity (Wildman–Crippen MR) is 88.5 cm³/mol. The van der Waals surface area contributed by atoms with Crippen LogP contribution >= 0.6 is 0 Å². The van der Waals surface area contributed by atoms with E-state index in [-0.39, 0.29) is 24.4 Å². The van der Waals surface area contributed by atoms with Crippen LogP contribution < -0.4 is 10.1 Å². The summed E-state index contributed by atoms with van der Waals surface area (Å²) in [6, 6.07) is 13.4. The zero-order valence-corrected chi connectivity index (χ0v) is 13.3. The summed E-state index contributed by atoms with van der Waals surface area (Å²) in [6.07, 6.45) is 2.19. The van der Waals surface area contributed by atoms with Gasteiger partial charge in [-0.25, -0.2) is 4.39 Å². The Morgan fingerprint density at radius 2 is 2.12 bits per heavy atom. The third-order valence-electron chi connectivity index (χ3n) is 3.95. The first-order valence-corrected chi connectivity index (χ1v) is 8.08. The molecular weight excluding hydrogens is 309 g/mol. The van der Waals surface area contributed by atoms with E-state index in [0.29, 0.717) is 23.5 Å².